The van der Waals surface area contributed by atoms with Crippen molar-refractivity contribution in [3.05, 3.63) is 102 Å². The van der Waals surface area contributed by atoms with E-state index < -0.39 is 32.8 Å². The van der Waals surface area contributed by atoms with Gasteiger partial charge >= 0.3 is 20.0 Å². The highest BCUT2D eigenvalue weighted by Crippen LogP contribution is 2.44. The molecule has 0 bridgehead atoms. The first-order chi connectivity index (χ1) is 31.3. The molecule has 2 aliphatic rings. The van der Waals surface area contributed by atoms with Crippen molar-refractivity contribution in [1.82, 2.24) is 40.4 Å². The molecule has 2 aromatic heterocycles. The number of aliphatic hydroxyl groups excluding tert-OH is 1. The first-order valence-electron chi connectivity index (χ1n) is 21.1. The SMILES string of the molecule is COC(=O)N[C@@H](Cc1ccc(OP(=O)(O)OOCO)cc1)C(=O)N1CCC[C@H]1c1ncc(-c2ccc(-c3ccc(-c4cnc([C@@H]5CCCN5C[C@H](NC(=O)O)[C@@H](C)OC)[nH]4)cc3)cc2)[nH]1. The Hall–Kier alpha value is -6.12. The number of phosphoric acid groups is 1. The minimum Gasteiger partial charge on any atom is -0.465 e. The highest BCUT2D eigenvalue weighted by atomic mass is 31.2. The highest BCUT2D eigenvalue weighted by Gasteiger charge is 2.37. The third-order valence-electron chi connectivity index (χ3n) is 11.7. The van der Waals surface area contributed by atoms with E-state index in [1.165, 1.54) is 19.2 Å². The Balaban J connectivity index is 0.979. The van der Waals surface area contributed by atoms with Gasteiger partial charge in [0.05, 0.1) is 55.1 Å². The van der Waals surface area contributed by atoms with E-state index in [2.05, 4.69) is 64.3 Å². The van der Waals surface area contributed by atoms with E-state index in [1.54, 1.807) is 30.3 Å². The molecule has 2 aliphatic heterocycles. The van der Waals surface area contributed by atoms with Crippen molar-refractivity contribution in [2.24, 2.45) is 0 Å². The number of carboxylic acid groups (broad SMARTS) is 1. The second kappa shape index (κ2) is 21.2. The molecule has 21 heteroatoms. The van der Waals surface area contributed by atoms with Crippen LogP contribution in [0.3, 0.4) is 0 Å². The summed E-state index contributed by atoms with van der Waals surface area (Å²) in [6.07, 6.45) is 4.80. The number of aromatic amines is 2. The number of aromatic nitrogens is 4. The number of alkyl carbamates (subject to hydrolysis) is 1. The summed E-state index contributed by atoms with van der Waals surface area (Å²) in [5.74, 6) is 1.10. The topological polar surface area (TPSA) is 263 Å². The Labute approximate surface area is 374 Å². The number of aliphatic hydroxyl groups is 1. The quantitative estimate of drug-likeness (QED) is 0.0218. The van der Waals surface area contributed by atoms with Gasteiger partial charge in [0.2, 0.25) is 5.91 Å². The molecule has 7 N–H and O–H groups in total. The number of amides is 3. The summed E-state index contributed by atoms with van der Waals surface area (Å²) in [6, 6.07) is 20.6. The summed E-state index contributed by atoms with van der Waals surface area (Å²) < 4.78 is 31.3. The summed E-state index contributed by atoms with van der Waals surface area (Å²) in [5, 5.41) is 23.3. The van der Waals surface area contributed by atoms with Crippen LogP contribution in [0.15, 0.2) is 85.2 Å². The lowest BCUT2D eigenvalue weighted by molar-refractivity contribution is -0.264. The van der Waals surface area contributed by atoms with Gasteiger partial charge in [-0.2, -0.15) is 4.89 Å². The van der Waals surface area contributed by atoms with E-state index in [0.29, 0.717) is 30.9 Å². The van der Waals surface area contributed by atoms with Crippen LogP contribution < -0.4 is 15.2 Å². The molecule has 4 heterocycles. The van der Waals surface area contributed by atoms with Gasteiger partial charge in [0.1, 0.15) is 23.4 Å². The number of benzene rings is 3. The Morgan fingerprint density at radius 1 is 0.831 bits per heavy atom. The molecule has 6 atom stereocenters. The molecule has 346 valence electrons. The van der Waals surface area contributed by atoms with Crippen LogP contribution in [0.5, 0.6) is 5.75 Å². The summed E-state index contributed by atoms with van der Waals surface area (Å²) in [6.45, 7) is 2.71. The van der Waals surface area contributed by atoms with Gasteiger partial charge in [0, 0.05) is 26.6 Å². The van der Waals surface area contributed by atoms with E-state index in [4.69, 9.17) is 24.1 Å². The lowest BCUT2D eigenvalue weighted by Crippen LogP contribution is -2.49. The van der Waals surface area contributed by atoms with Gasteiger partial charge in [0.15, 0.2) is 6.79 Å². The maximum absolute atomic E-state index is 14.1. The van der Waals surface area contributed by atoms with Gasteiger partial charge in [-0.15, -0.1) is 4.67 Å². The van der Waals surface area contributed by atoms with Gasteiger partial charge in [0.25, 0.3) is 0 Å². The molecule has 0 aliphatic carbocycles. The number of carbonyl (C=O) groups excluding carboxylic acids is 2. The number of nitrogens with zero attached hydrogens (tertiary/aromatic N) is 4. The number of H-pyrrole nitrogens is 2. The second-order valence-electron chi connectivity index (χ2n) is 15.8. The van der Waals surface area contributed by atoms with Crippen LogP contribution >= 0.6 is 7.82 Å². The Bertz CT molecular complexity index is 2430. The van der Waals surface area contributed by atoms with E-state index >= 15 is 0 Å². The average Bonchev–Trinajstić information content (AvgIpc) is 4.16. The molecular weight excluding hydrogens is 864 g/mol. The maximum Gasteiger partial charge on any atom is 0.555 e. The fraction of sp³-hybridized carbons (Fsp3) is 0.386. The normalized spacial score (nSPS) is 18.7. The van der Waals surface area contributed by atoms with Crippen LogP contribution in [0, 0.1) is 0 Å². The summed E-state index contributed by atoms with van der Waals surface area (Å²) in [4.78, 5) is 72.0. The molecule has 2 fully saturated rings. The van der Waals surface area contributed by atoms with Crippen molar-refractivity contribution in [2.45, 2.75) is 69.3 Å². The number of methoxy groups -OCH3 is 2. The molecule has 3 aromatic carbocycles. The van der Waals surface area contributed by atoms with Crippen molar-refractivity contribution in [2.75, 3.05) is 40.6 Å². The minimum atomic E-state index is -4.66. The molecule has 0 spiro atoms. The van der Waals surface area contributed by atoms with Crippen LogP contribution in [0.25, 0.3) is 33.6 Å². The third kappa shape index (κ3) is 11.8. The van der Waals surface area contributed by atoms with Crippen LogP contribution in [-0.4, -0.2) is 122 Å². The smallest absolute Gasteiger partial charge is 0.465 e. The fourth-order valence-electron chi connectivity index (χ4n) is 8.31. The monoisotopic (exact) mass is 916 g/mol. The van der Waals surface area contributed by atoms with Gasteiger partial charge in [-0.1, -0.05) is 60.7 Å². The number of nitrogens with one attached hydrogen (secondary N) is 4. The van der Waals surface area contributed by atoms with Crippen molar-refractivity contribution in [3.63, 3.8) is 0 Å². The van der Waals surface area contributed by atoms with Gasteiger partial charge in [-0.3, -0.25) is 14.6 Å². The largest absolute Gasteiger partial charge is 0.555 e. The number of hydrogen-bond donors (Lipinski definition) is 7. The zero-order valence-corrected chi connectivity index (χ0v) is 37.0. The predicted octanol–water partition coefficient (Wildman–Crippen LogP) is 5.95. The Morgan fingerprint density at radius 3 is 1.97 bits per heavy atom. The van der Waals surface area contributed by atoms with Crippen LogP contribution in [0.4, 0.5) is 9.59 Å². The number of ether oxygens (including phenoxy) is 2. The highest BCUT2D eigenvalue weighted by molar-refractivity contribution is 7.47. The maximum atomic E-state index is 14.1. The number of likely N-dealkylation sites (tertiary alicyclic amines) is 2. The van der Waals surface area contributed by atoms with Crippen molar-refractivity contribution < 1.29 is 57.6 Å². The first-order valence-corrected chi connectivity index (χ1v) is 22.6. The number of rotatable bonds is 19. The first kappa shape index (κ1) is 46.9. The molecule has 20 nitrogen and oxygen atoms in total. The third-order valence-corrected chi connectivity index (χ3v) is 12.4. The van der Waals surface area contributed by atoms with Crippen molar-refractivity contribution in [3.8, 4) is 39.4 Å². The van der Waals surface area contributed by atoms with Crippen molar-refractivity contribution in [1.29, 1.82) is 0 Å². The minimum absolute atomic E-state index is 0.0328. The van der Waals surface area contributed by atoms with Crippen LogP contribution in [0.2, 0.25) is 0 Å². The van der Waals surface area contributed by atoms with Gasteiger partial charge < -0.3 is 49.7 Å². The standard InChI is InChI=1S/C44H53N8O12P/c1-27(60-2)37(49-43(55)56)25-51-20-4-6-38(51)40-45-23-35(47-40)31-14-10-29(11-15-31)30-12-16-32(17-13-30)36-24-46-41(48-36)39-7-5-21-52(39)42(54)34(50-44(57)61-3)22-28-8-18-33(19-9-28)63-65(58,59)64-62-26-53/h8-19,23-24,27,34,37-39,49,53H,4-7,20-22,25-26H2,1-3H3,(H,45,47)(H,46,48)(H,50,57)(H,55,56)(H,58,59)/t27-,34+,37+,38+,39+/m1/s1. The van der Waals surface area contributed by atoms with Crippen LogP contribution in [0.1, 0.15) is 61.9 Å². The molecule has 7 rings (SSSR count). The van der Waals surface area contributed by atoms with Crippen molar-refractivity contribution >= 4 is 25.9 Å². The van der Waals surface area contributed by atoms with Crippen LogP contribution in [-0.2, 0) is 34.8 Å². The molecule has 5 aromatic rings. The van der Waals surface area contributed by atoms with E-state index in [0.717, 1.165) is 65.3 Å². The lowest BCUT2D eigenvalue weighted by atomic mass is 10.0. The summed E-state index contributed by atoms with van der Waals surface area (Å²) in [7, 11) is -1.87. The molecule has 3 amide bonds. The zero-order chi connectivity index (χ0) is 46.1. The van der Waals surface area contributed by atoms with E-state index in [-0.39, 0.29) is 42.3 Å². The summed E-state index contributed by atoms with van der Waals surface area (Å²) >= 11 is 0. The second-order valence-corrected chi connectivity index (χ2v) is 17.0. The zero-order valence-electron chi connectivity index (χ0n) is 36.1. The Morgan fingerprint density at radius 2 is 1.40 bits per heavy atom. The average molecular weight is 917 g/mol. The molecule has 1 unspecified atom stereocenters. The number of imidazole rings is 2. The molecule has 0 saturated carbocycles. The molecule has 0 radical (unpaired) electrons. The van der Waals surface area contributed by atoms with Gasteiger partial charge in [-0.25, -0.2) is 24.1 Å². The fourth-order valence-corrected chi connectivity index (χ4v) is 8.91. The molecule has 65 heavy (non-hydrogen) atoms. The van der Waals surface area contributed by atoms with E-state index in [1.807, 2.05) is 37.4 Å². The molecular formula is C44H53N8O12P. The van der Waals surface area contributed by atoms with Gasteiger partial charge in [-0.05, 0) is 79.1 Å². The summed E-state index contributed by atoms with van der Waals surface area (Å²) in [5.41, 5.74) is 6.25. The lowest BCUT2D eigenvalue weighted by Gasteiger charge is -2.30. The number of carbonyl (C=O) groups is 3. The number of hydrogen-bond acceptors (Lipinski definition) is 13. The van der Waals surface area contributed by atoms with E-state index in [9.17, 15) is 28.9 Å². The Kier molecular flexibility index (Phi) is 15.3. The molecule has 2 saturated heterocycles. The predicted molar refractivity (Wildman–Crippen MR) is 235 cm³/mol. The number of phosphoric ester groups is 1.